The van der Waals surface area contributed by atoms with Crippen molar-refractivity contribution in [3.8, 4) is 0 Å². The van der Waals surface area contributed by atoms with Crippen molar-refractivity contribution in [1.82, 2.24) is 4.72 Å². The maximum Gasteiger partial charge on any atom is 0.243 e. The lowest BCUT2D eigenvalue weighted by atomic mass is 10.4. The molecule has 1 aromatic rings. The molecule has 10 heteroatoms. The van der Waals surface area contributed by atoms with Crippen LogP contribution in [0.15, 0.2) is 26.6 Å². The van der Waals surface area contributed by atoms with E-state index >= 15 is 0 Å². The van der Waals surface area contributed by atoms with Crippen LogP contribution in [0.5, 0.6) is 0 Å². The van der Waals surface area contributed by atoms with E-state index in [0.29, 0.717) is 4.47 Å². The van der Waals surface area contributed by atoms with Gasteiger partial charge in [0.25, 0.3) is 0 Å². The molecule has 0 unspecified atom stereocenters. The summed E-state index contributed by atoms with van der Waals surface area (Å²) in [6.45, 7) is -0.0311. The van der Waals surface area contributed by atoms with E-state index in [9.17, 15) is 8.42 Å². The molecular weight excluding hydrogens is 367 g/mol. The molecule has 0 aromatic heterocycles. The van der Waals surface area contributed by atoms with E-state index in [2.05, 4.69) is 30.7 Å². The molecule has 0 heterocycles. The molecule has 0 spiro atoms. The van der Waals surface area contributed by atoms with Gasteiger partial charge in [-0.1, -0.05) is 44.2 Å². The van der Waals surface area contributed by atoms with Gasteiger partial charge in [0, 0.05) is 22.5 Å². The summed E-state index contributed by atoms with van der Waals surface area (Å²) < 4.78 is 26.6. The summed E-state index contributed by atoms with van der Waals surface area (Å²) in [6.07, 6.45) is 0. The van der Waals surface area contributed by atoms with Crippen molar-refractivity contribution in [1.29, 1.82) is 0 Å². The van der Waals surface area contributed by atoms with Crippen molar-refractivity contribution in [2.45, 2.75) is 4.90 Å². The molecule has 0 aliphatic carbocycles. The SMILES string of the molecule is [N-]=[N+]=NCCNS(=O)(=O)c1c(Cl)cc(Br)cc1Cl. The minimum atomic E-state index is -3.84. The van der Waals surface area contributed by atoms with Crippen molar-refractivity contribution in [2.24, 2.45) is 5.11 Å². The molecule has 1 N–H and O–H groups in total. The van der Waals surface area contributed by atoms with Crippen molar-refractivity contribution in [3.05, 3.63) is 37.1 Å². The van der Waals surface area contributed by atoms with E-state index in [1.54, 1.807) is 0 Å². The summed E-state index contributed by atoms with van der Waals surface area (Å²) in [5.74, 6) is 0. The lowest BCUT2D eigenvalue weighted by molar-refractivity contribution is 0.582. The Labute approximate surface area is 122 Å². The zero-order valence-corrected chi connectivity index (χ0v) is 12.7. The van der Waals surface area contributed by atoms with Gasteiger partial charge in [0.2, 0.25) is 10.0 Å². The normalized spacial score (nSPS) is 11.1. The highest BCUT2D eigenvalue weighted by atomic mass is 79.9. The number of hydrogen-bond donors (Lipinski definition) is 1. The fourth-order valence-electron chi connectivity index (χ4n) is 1.13. The zero-order valence-electron chi connectivity index (χ0n) is 8.77. The summed E-state index contributed by atoms with van der Waals surface area (Å²) in [4.78, 5) is 2.31. The molecule has 0 atom stereocenters. The van der Waals surface area contributed by atoms with Crippen LogP contribution in [0.1, 0.15) is 0 Å². The number of nitrogens with one attached hydrogen (secondary N) is 1. The third-order valence-corrected chi connectivity index (χ3v) is 4.64. The largest absolute Gasteiger partial charge is 0.243 e. The smallest absolute Gasteiger partial charge is 0.211 e. The maximum atomic E-state index is 11.9. The van der Waals surface area contributed by atoms with Crippen LogP contribution >= 0.6 is 39.1 Å². The van der Waals surface area contributed by atoms with E-state index in [-0.39, 0.29) is 28.0 Å². The molecule has 0 amide bonds. The van der Waals surface area contributed by atoms with Gasteiger partial charge in [-0.15, -0.1) is 0 Å². The van der Waals surface area contributed by atoms with E-state index in [1.165, 1.54) is 12.1 Å². The average Bonchev–Trinajstić information content (AvgIpc) is 2.22. The maximum absolute atomic E-state index is 11.9. The standard InChI is InChI=1S/C8H7BrCl2N4O2S/c9-5-3-6(10)8(7(11)4-5)18(16,17)14-2-1-13-15-12/h3-4,14H,1-2H2. The van der Waals surface area contributed by atoms with Gasteiger partial charge in [0.05, 0.1) is 10.0 Å². The van der Waals surface area contributed by atoms with Gasteiger partial charge in [0.1, 0.15) is 4.90 Å². The molecule has 98 valence electrons. The monoisotopic (exact) mass is 372 g/mol. The Morgan fingerprint density at radius 3 is 2.44 bits per heavy atom. The van der Waals surface area contributed by atoms with E-state index < -0.39 is 10.0 Å². The Balaban J connectivity index is 3.02. The van der Waals surface area contributed by atoms with E-state index in [4.69, 9.17) is 28.7 Å². The number of halogens is 3. The van der Waals surface area contributed by atoms with E-state index in [0.717, 1.165) is 0 Å². The highest BCUT2D eigenvalue weighted by Gasteiger charge is 2.21. The van der Waals surface area contributed by atoms with Crippen LogP contribution in [0, 0.1) is 0 Å². The molecule has 0 bridgehead atoms. The first-order chi connectivity index (χ1) is 8.38. The highest BCUT2D eigenvalue weighted by Crippen LogP contribution is 2.32. The molecule has 1 aromatic carbocycles. The van der Waals surface area contributed by atoms with Gasteiger partial charge < -0.3 is 0 Å². The molecule has 0 saturated heterocycles. The topological polar surface area (TPSA) is 94.9 Å². The minimum Gasteiger partial charge on any atom is -0.211 e. The molecule has 6 nitrogen and oxygen atoms in total. The predicted molar refractivity (Wildman–Crippen MR) is 73.4 cm³/mol. The first-order valence-electron chi connectivity index (χ1n) is 4.53. The summed E-state index contributed by atoms with van der Waals surface area (Å²) in [5, 5.41) is 3.22. The van der Waals surface area contributed by atoms with Crippen molar-refractivity contribution in [3.63, 3.8) is 0 Å². The minimum absolute atomic E-state index is 0.00148. The van der Waals surface area contributed by atoms with Gasteiger partial charge in [0.15, 0.2) is 0 Å². The summed E-state index contributed by atoms with van der Waals surface area (Å²) in [5.41, 5.74) is 8.07. The molecule has 18 heavy (non-hydrogen) atoms. The number of nitrogens with zero attached hydrogens (tertiary/aromatic N) is 3. The Morgan fingerprint density at radius 2 is 1.94 bits per heavy atom. The second kappa shape index (κ2) is 6.60. The first kappa shape index (κ1) is 15.6. The van der Waals surface area contributed by atoms with Crippen LogP contribution in [0.3, 0.4) is 0 Å². The average molecular weight is 374 g/mol. The van der Waals surface area contributed by atoms with Crippen LogP contribution in [-0.4, -0.2) is 21.5 Å². The fourth-order valence-corrected chi connectivity index (χ4v) is 4.09. The quantitative estimate of drug-likeness (QED) is 0.370. The molecule has 0 aliphatic heterocycles. The van der Waals surface area contributed by atoms with Crippen molar-refractivity contribution < 1.29 is 8.42 Å². The molecule has 1 rings (SSSR count). The van der Waals surface area contributed by atoms with Crippen LogP contribution in [0.25, 0.3) is 10.4 Å². The summed E-state index contributed by atoms with van der Waals surface area (Å²) >= 11 is 14.8. The molecule has 0 fully saturated rings. The fraction of sp³-hybridized carbons (Fsp3) is 0.250. The Bertz CT molecular complexity index is 578. The van der Waals surface area contributed by atoms with E-state index in [1.807, 2.05) is 0 Å². The Hall–Kier alpha value is -0.500. The van der Waals surface area contributed by atoms with Gasteiger partial charge in [-0.05, 0) is 17.7 Å². The van der Waals surface area contributed by atoms with Crippen molar-refractivity contribution in [2.75, 3.05) is 13.1 Å². The number of benzene rings is 1. The zero-order chi connectivity index (χ0) is 13.8. The third kappa shape index (κ3) is 4.01. The van der Waals surface area contributed by atoms with Crippen LogP contribution in [0.2, 0.25) is 10.0 Å². The molecule has 0 saturated carbocycles. The van der Waals surface area contributed by atoms with Gasteiger partial charge in [-0.25, -0.2) is 13.1 Å². The number of rotatable bonds is 5. The molecule has 0 radical (unpaired) electrons. The lowest BCUT2D eigenvalue weighted by Gasteiger charge is -2.09. The highest BCUT2D eigenvalue weighted by molar-refractivity contribution is 9.10. The van der Waals surface area contributed by atoms with Gasteiger partial charge in [-0.3, -0.25) is 0 Å². The van der Waals surface area contributed by atoms with Gasteiger partial charge in [-0.2, -0.15) is 0 Å². The van der Waals surface area contributed by atoms with Crippen LogP contribution in [-0.2, 0) is 10.0 Å². The number of hydrogen-bond acceptors (Lipinski definition) is 3. The van der Waals surface area contributed by atoms with Crippen LogP contribution < -0.4 is 4.72 Å². The second-order valence-corrected chi connectivity index (χ2v) is 6.48. The van der Waals surface area contributed by atoms with Gasteiger partial charge >= 0.3 is 0 Å². The lowest BCUT2D eigenvalue weighted by Crippen LogP contribution is -2.26. The number of sulfonamides is 1. The second-order valence-electron chi connectivity index (χ2n) is 3.05. The third-order valence-electron chi connectivity index (χ3n) is 1.80. The Kier molecular flexibility index (Phi) is 5.71. The number of azide groups is 1. The van der Waals surface area contributed by atoms with Crippen molar-refractivity contribution >= 4 is 49.2 Å². The first-order valence-corrected chi connectivity index (χ1v) is 7.57. The Morgan fingerprint density at radius 1 is 1.39 bits per heavy atom. The predicted octanol–water partition coefficient (Wildman–Crippen LogP) is 3.34. The summed E-state index contributed by atoms with van der Waals surface area (Å²) in [7, 11) is -3.84. The summed E-state index contributed by atoms with van der Waals surface area (Å²) in [6, 6.07) is 2.85. The molecule has 0 aliphatic rings. The van der Waals surface area contributed by atoms with Crippen LogP contribution in [0.4, 0.5) is 0 Å². The molecular formula is C8H7BrCl2N4O2S.